The second-order valence-corrected chi connectivity index (χ2v) is 8.88. The molecule has 2 aromatic carbocycles. The standard InChI is InChI=1S/C27H34N4O3/c1-2-14-28-29-27(33)23-8-6-21(7-9-23)20-31-25-19-24(12-10-22(25)11-13-26(31)32)34-18-17-30-15-4-3-5-16-30/h6-10,12,14,19H,2-5,11,13,15-18,20H2,1H3,(H,29,33). The quantitative estimate of drug-likeness (QED) is 0.449. The van der Waals surface area contributed by atoms with Crippen molar-refractivity contribution >= 4 is 23.7 Å². The number of hydrogen-bond acceptors (Lipinski definition) is 5. The predicted octanol–water partition coefficient (Wildman–Crippen LogP) is 4.16. The minimum atomic E-state index is -0.248. The Hall–Kier alpha value is -3.19. The molecule has 4 rings (SSSR count). The SMILES string of the molecule is CCC=NNC(=O)c1ccc(CN2C(=O)CCc3ccc(OCCN4CCCCC4)cc32)cc1. The molecule has 0 spiro atoms. The molecule has 0 aromatic heterocycles. The number of amides is 2. The molecule has 0 atom stereocenters. The summed E-state index contributed by atoms with van der Waals surface area (Å²) in [7, 11) is 0. The zero-order chi connectivity index (χ0) is 23.8. The Balaban J connectivity index is 1.40. The molecule has 1 N–H and O–H groups in total. The number of rotatable bonds is 9. The number of anilines is 1. The summed E-state index contributed by atoms with van der Waals surface area (Å²) in [6.07, 6.45) is 7.53. The van der Waals surface area contributed by atoms with Crippen molar-refractivity contribution in [3.8, 4) is 5.75 Å². The van der Waals surface area contributed by atoms with Gasteiger partial charge < -0.3 is 9.64 Å². The molecule has 1 saturated heterocycles. The number of fused-ring (bicyclic) bond motifs is 1. The summed E-state index contributed by atoms with van der Waals surface area (Å²) in [5.41, 5.74) is 6.09. The minimum absolute atomic E-state index is 0.105. The number of nitrogens with zero attached hydrogens (tertiary/aromatic N) is 3. The Labute approximate surface area is 201 Å². The number of hydrogen-bond donors (Lipinski definition) is 1. The summed E-state index contributed by atoms with van der Waals surface area (Å²) >= 11 is 0. The third kappa shape index (κ3) is 6.23. The van der Waals surface area contributed by atoms with E-state index in [2.05, 4.69) is 21.5 Å². The number of ether oxygens (including phenoxy) is 1. The van der Waals surface area contributed by atoms with Gasteiger partial charge in [-0.3, -0.25) is 14.5 Å². The molecule has 7 heteroatoms. The summed E-state index contributed by atoms with van der Waals surface area (Å²) in [6.45, 7) is 6.31. The average Bonchev–Trinajstić information content (AvgIpc) is 2.87. The maximum atomic E-state index is 12.8. The molecule has 7 nitrogen and oxygen atoms in total. The zero-order valence-corrected chi connectivity index (χ0v) is 20.0. The van der Waals surface area contributed by atoms with E-state index in [0.29, 0.717) is 25.1 Å². The van der Waals surface area contributed by atoms with E-state index in [-0.39, 0.29) is 11.8 Å². The van der Waals surface area contributed by atoms with Gasteiger partial charge in [0.2, 0.25) is 5.91 Å². The highest BCUT2D eigenvalue weighted by atomic mass is 16.5. The molecule has 0 unspecified atom stereocenters. The van der Waals surface area contributed by atoms with Crippen LogP contribution >= 0.6 is 0 Å². The first-order chi connectivity index (χ1) is 16.6. The molecule has 2 heterocycles. The van der Waals surface area contributed by atoms with Crippen LogP contribution in [0, 0.1) is 0 Å². The monoisotopic (exact) mass is 462 g/mol. The molecule has 2 aromatic rings. The fourth-order valence-corrected chi connectivity index (χ4v) is 4.46. The van der Waals surface area contributed by atoms with Gasteiger partial charge in [0.1, 0.15) is 12.4 Å². The summed E-state index contributed by atoms with van der Waals surface area (Å²) in [5, 5.41) is 3.88. The van der Waals surface area contributed by atoms with E-state index in [4.69, 9.17) is 4.74 Å². The number of piperidine rings is 1. The zero-order valence-electron chi connectivity index (χ0n) is 20.0. The molecular weight excluding hydrogens is 428 g/mol. The van der Waals surface area contributed by atoms with E-state index in [1.807, 2.05) is 36.1 Å². The first-order valence-electron chi connectivity index (χ1n) is 12.3. The van der Waals surface area contributed by atoms with Gasteiger partial charge in [-0.2, -0.15) is 5.10 Å². The molecule has 0 aliphatic carbocycles. The number of carbonyl (C=O) groups excluding carboxylic acids is 2. The van der Waals surface area contributed by atoms with Crippen LogP contribution in [-0.2, 0) is 17.8 Å². The van der Waals surface area contributed by atoms with Gasteiger partial charge in [0.25, 0.3) is 5.91 Å². The number of carbonyl (C=O) groups is 2. The predicted molar refractivity (Wildman–Crippen MR) is 134 cm³/mol. The molecule has 2 aliphatic rings. The van der Waals surface area contributed by atoms with E-state index in [1.54, 1.807) is 18.3 Å². The molecular formula is C27H34N4O3. The minimum Gasteiger partial charge on any atom is -0.492 e. The van der Waals surface area contributed by atoms with Crippen molar-refractivity contribution in [2.24, 2.45) is 5.10 Å². The van der Waals surface area contributed by atoms with E-state index < -0.39 is 0 Å². The lowest BCUT2D eigenvalue weighted by Crippen LogP contribution is -2.34. The van der Waals surface area contributed by atoms with Crippen LogP contribution in [0.1, 0.15) is 60.5 Å². The second-order valence-electron chi connectivity index (χ2n) is 8.88. The van der Waals surface area contributed by atoms with Gasteiger partial charge in [0.05, 0.1) is 12.2 Å². The van der Waals surface area contributed by atoms with Crippen LogP contribution < -0.4 is 15.1 Å². The van der Waals surface area contributed by atoms with Crippen LogP contribution in [-0.4, -0.2) is 49.2 Å². The molecule has 0 bridgehead atoms. The van der Waals surface area contributed by atoms with Crippen LogP contribution in [0.25, 0.3) is 0 Å². The molecule has 2 amide bonds. The van der Waals surface area contributed by atoms with Gasteiger partial charge in [-0.1, -0.05) is 31.5 Å². The summed E-state index contributed by atoms with van der Waals surface area (Å²) in [6, 6.07) is 13.4. The van der Waals surface area contributed by atoms with Crippen molar-refractivity contribution < 1.29 is 14.3 Å². The van der Waals surface area contributed by atoms with Crippen LogP contribution in [0.2, 0.25) is 0 Å². The normalized spacial score (nSPS) is 16.5. The Morgan fingerprint density at radius 2 is 1.88 bits per heavy atom. The summed E-state index contributed by atoms with van der Waals surface area (Å²) in [5.74, 6) is 0.658. The topological polar surface area (TPSA) is 74.2 Å². The van der Waals surface area contributed by atoms with Crippen molar-refractivity contribution in [3.05, 3.63) is 59.2 Å². The van der Waals surface area contributed by atoms with Crippen molar-refractivity contribution in [2.45, 2.75) is 52.0 Å². The number of hydrazone groups is 1. The van der Waals surface area contributed by atoms with Gasteiger partial charge >= 0.3 is 0 Å². The van der Waals surface area contributed by atoms with Crippen LogP contribution in [0.3, 0.4) is 0 Å². The van der Waals surface area contributed by atoms with Crippen molar-refractivity contribution in [3.63, 3.8) is 0 Å². The Morgan fingerprint density at radius 1 is 1.09 bits per heavy atom. The third-order valence-electron chi connectivity index (χ3n) is 6.38. The maximum absolute atomic E-state index is 12.8. The molecule has 1 fully saturated rings. The van der Waals surface area contributed by atoms with Crippen LogP contribution in [0.15, 0.2) is 47.6 Å². The Bertz CT molecular complexity index is 1010. The fraction of sp³-hybridized carbons (Fsp3) is 0.444. The molecule has 0 radical (unpaired) electrons. The maximum Gasteiger partial charge on any atom is 0.271 e. The first kappa shape index (κ1) is 24.0. The Morgan fingerprint density at radius 3 is 2.65 bits per heavy atom. The van der Waals surface area contributed by atoms with E-state index in [9.17, 15) is 9.59 Å². The second kappa shape index (κ2) is 11.8. The van der Waals surface area contributed by atoms with Gasteiger partial charge in [-0.05, 0) is 68.1 Å². The van der Waals surface area contributed by atoms with E-state index in [0.717, 1.165) is 55.0 Å². The highest BCUT2D eigenvalue weighted by Crippen LogP contribution is 2.33. The largest absolute Gasteiger partial charge is 0.492 e. The molecule has 180 valence electrons. The van der Waals surface area contributed by atoms with Crippen molar-refractivity contribution in [2.75, 3.05) is 31.1 Å². The average molecular weight is 463 g/mol. The van der Waals surface area contributed by atoms with Gasteiger partial charge in [0, 0.05) is 30.8 Å². The van der Waals surface area contributed by atoms with Gasteiger partial charge in [-0.15, -0.1) is 0 Å². The van der Waals surface area contributed by atoms with Crippen molar-refractivity contribution in [1.29, 1.82) is 0 Å². The lowest BCUT2D eigenvalue weighted by molar-refractivity contribution is -0.119. The smallest absolute Gasteiger partial charge is 0.271 e. The number of benzene rings is 2. The van der Waals surface area contributed by atoms with Crippen LogP contribution in [0.4, 0.5) is 5.69 Å². The van der Waals surface area contributed by atoms with Crippen LogP contribution in [0.5, 0.6) is 5.75 Å². The molecule has 34 heavy (non-hydrogen) atoms. The molecule has 0 saturated carbocycles. The lowest BCUT2D eigenvalue weighted by Gasteiger charge is -2.30. The fourth-order valence-electron chi connectivity index (χ4n) is 4.46. The summed E-state index contributed by atoms with van der Waals surface area (Å²) in [4.78, 5) is 29.3. The lowest BCUT2D eigenvalue weighted by atomic mass is 10.00. The number of nitrogens with one attached hydrogen (secondary N) is 1. The van der Waals surface area contributed by atoms with Crippen molar-refractivity contribution in [1.82, 2.24) is 10.3 Å². The first-order valence-corrected chi connectivity index (χ1v) is 12.3. The summed E-state index contributed by atoms with van der Waals surface area (Å²) < 4.78 is 6.06. The molecule has 2 aliphatic heterocycles. The Kier molecular flexibility index (Phi) is 8.31. The number of aryl methyl sites for hydroxylation is 1. The third-order valence-corrected chi connectivity index (χ3v) is 6.38. The van der Waals surface area contributed by atoms with E-state index >= 15 is 0 Å². The highest BCUT2D eigenvalue weighted by Gasteiger charge is 2.25. The van der Waals surface area contributed by atoms with Gasteiger partial charge in [0.15, 0.2) is 0 Å². The van der Waals surface area contributed by atoms with E-state index in [1.165, 1.54) is 19.3 Å². The number of likely N-dealkylation sites (tertiary alicyclic amines) is 1. The highest BCUT2D eigenvalue weighted by molar-refractivity contribution is 5.97. The van der Waals surface area contributed by atoms with Gasteiger partial charge in [-0.25, -0.2) is 5.43 Å².